The molecule has 0 aromatic heterocycles. The summed E-state index contributed by atoms with van der Waals surface area (Å²) < 4.78 is 10.4. The minimum absolute atomic E-state index is 0.0105. The van der Waals surface area contributed by atoms with Crippen LogP contribution in [0.4, 0.5) is 0 Å². The Balaban J connectivity index is 2.04. The van der Waals surface area contributed by atoms with E-state index in [2.05, 4.69) is 10.6 Å². The van der Waals surface area contributed by atoms with Crippen molar-refractivity contribution in [2.24, 2.45) is 5.92 Å². The highest BCUT2D eigenvalue weighted by Crippen LogP contribution is 2.23. The number of hydrogen-bond donors (Lipinski definition) is 5. The van der Waals surface area contributed by atoms with Crippen LogP contribution in [0.15, 0.2) is 30.3 Å². The predicted molar refractivity (Wildman–Crippen MR) is 127 cm³/mol. The molecule has 1 aliphatic rings. The summed E-state index contributed by atoms with van der Waals surface area (Å²) >= 11 is 0. The number of hydrogen-bond acceptors (Lipinski definition) is 8. The molecular weight excluding hydrogens is 456 g/mol. The molecule has 1 aliphatic heterocycles. The molecule has 10 heteroatoms. The summed E-state index contributed by atoms with van der Waals surface area (Å²) in [7, 11) is 1.26. The van der Waals surface area contributed by atoms with Crippen LogP contribution in [0.3, 0.4) is 0 Å². The van der Waals surface area contributed by atoms with Gasteiger partial charge in [0.25, 0.3) is 0 Å². The van der Waals surface area contributed by atoms with Crippen LogP contribution in [-0.4, -0.2) is 83.3 Å². The van der Waals surface area contributed by atoms with Crippen molar-refractivity contribution in [3.63, 3.8) is 0 Å². The van der Waals surface area contributed by atoms with E-state index in [1.165, 1.54) is 7.11 Å². The van der Waals surface area contributed by atoms with Crippen LogP contribution in [0.5, 0.6) is 0 Å². The molecule has 0 saturated carbocycles. The average molecular weight is 495 g/mol. The van der Waals surface area contributed by atoms with Crippen LogP contribution in [0.25, 0.3) is 0 Å². The molecule has 0 aliphatic carbocycles. The zero-order valence-electron chi connectivity index (χ0n) is 20.6. The number of ether oxygens (including phenoxy) is 2. The highest BCUT2D eigenvalue weighted by atomic mass is 16.5. The van der Waals surface area contributed by atoms with E-state index in [0.29, 0.717) is 6.42 Å². The Morgan fingerprint density at radius 1 is 1.11 bits per heavy atom. The molecule has 35 heavy (non-hydrogen) atoms. The second kappa shape index (κ2) is 14.1. The lowest BCUT2D eigenvalue weighted by molar-refractivity contribution is -0.181. The maximum Gasteiger partial charge on any atom is 0.328 e. The van der Waals surface area contributed by atoms with Gasteiger partial charge >= 0.3 is 5.97 Å². The van der Waals surface area contributed by atoms with E-state index in [1.807, 2.05) is 44.2 Å². The summed E-state index contributed by atoms with van der Waals surface area (Å²) in [5.41, 5.74) is 0.838. The van der Waals surface area contributed by atoms with Gasteiger partial charge in [0, 0.05) is 19.3 Å². The molecule has 0 bridgehead atoms. The lowest BCUT2D eigenvalue weighted by atomic mass is 9.95. The van der Waals surface area contributed by atoms with Crippen molar-refractivity contribution < 1.29 is 39.2 Å². The molecule has 1 saturated heterocycles. The van der Waals surface area contributed by atoms with Crippen LogP contribution in [-0.2, 0) is 30.3 Å². The summed E-state index contributed by atoms with van der Waals surface area (Å²) in [5.74, 6) is -1.31. The molecule has 2 amide bonds. The fraction of sp³-hybridized carbons (Fsp3) is 0.640. The van der Waals surface area contributed by atoms with Gasteiger partial charge < -0.3 is 35.4 Å². The molecule has 196 valence electrons. The number of carbonyl (C=O) groups is 3. The van der Waals surface area contributed by atoms with Gasteiger partial charge in [0.15, 0.2) is 0 Å². The largest absolute Gasteiger partial charge is 0.467 e. The van der Waals surface area contributed by atoms with Crippen molar-refractivity contribution in [1.82, 2.24) is 10.6 Å². The lowest BCUT2D eigenvalue weighted by Gasteiger charge is -2.36. The number of rotatable bonds is 12. The quantitative estimate of drug-likeness (QED) is 0.256. The Morgan fingerprint density at radius 3 is 2.40 bits per heavy atom. The van der Waals surface area contributed by atoms with Crippen molar-refractivity contribution >= 4 is 17.8 Å². The van der Waals surface area contributed by atoms with E-state index in [9.17, 15) is 29.7 Å². The van der Waals surface area contributed by atoms with Gasteiger partial charge in [-0.3, -0.25) is 9.59 Å². The molecular formula is C25H38N2O8. The molecule has 1 aromatic rings. The number of aliphatic hydroxyl groups is 3. The molecule has 1 heterocycles. The molecule has 0 spiro atoms. The fourth-order valence-corrected chi connectivity index (χ4v) is 4.09. The number of methoxy groups -OCH3 is 1. The molecule has 10 nitrogen and oxygen atoms in total. The maximum atomic E-state index is 13.1. The van der Waals surface area contributed by atoms with E-state index in [1.54, 1.807) is 0 Å². The first kappa shape index (κ1) is 28.7. The minimum atomic E-state index is -1.18. The highest BCUT2D eigenvalue weighted by molar-refractivity contribution is 5.91. The Labute approximate surface area is 206 Å². The monoisotopic (exact) mass is 494 g/mol. The predicted octanol–water partition coefficient (Wildman–Crippen LogP) is 0.0696. The molecule has 5 N–H and O–H groups in total. The van der Waals surface area contributed by atoms with Crippen molar-refractivity contribution in [2.75, 3.05) is 13.7 Å². The van der Waals surface area contributed by atoms with E-state index in [0.717, 1.165) is 5.56 Å². The van der Waals surface area contributed by atoms with Crippen molar-refractivity contribution in [2.45, 2.75) is 82.5 Å². The Kier molecular flexibility index (Phi) is 11.6. The number of carbonyl (C=O) groups excluding carboxylic acids is 3. The summed E-state index contributed by atoms with van der Waals surface area (Å²) in [6, 6.07) is 7.45. The van der Waals surface area contributed by atoms with Gasteiger partial charge in [-0.15, -0.1) is 0 Å². The standard InChI is InChI=1S/C25H38N2O8/c1-15(2)11-19(25(33)34-3)27-24(32)18(12-16-7-5-4-6-8-16)26-22(30)10-9-17-13-20(29)23(31)21(14-28)35-17/h4-8,15,17-21,23,28-29,31H,9-14H2,1-3H3,(H,26,30)(H,27,32)/t17-,18+,19+,20-,21-,23+/m1/s1. The van der Waals surface area contributed by atoms with E-state index in [4.69, 9.17) is 9.47 Å². The fourth-order valence-electron chi connectivity index (χ4n) is 4.09. The Bertz CT molecular complexity index is 819. The maximum absolute atomic E-state index is 13.1. The molecule has 1 aromatic carbocycles. The SMILES string of the molecule is COC(=O)[C@H](CC(C)C)NC(=O)[C@H](Cc1ccccc1)NC(=O)CC[C@@H]1C[C@@H](O)[C@H](O)[C@@H](CO)O1. The lowest BCUT2D eigenvalue weighted by Crippen LogP contribution is -2.53. The second-order valence-electron chi connectivity index (χ2n) is 9.34. The van der Waals surface area contributed by atoms with Crippen LogP contribution in [0.2, 0.25) is 0 Å². The van der Waals surface area contributed by atoms with Gasteiger partial charge in [-0.05, 0) is 24.3 Å². The first-order valence-corrected chi connectivity index (χ1v) is 12.0. The molecule has 0 unspecified atom stereocenters. The van der Waals surface area contributed by atoms with Crippen LogP contribution in [0, 0.1) is 5.92 Å². The van der Waals surface area contributed by atoms with Crippen molar-refractivity contribution in [3.05, 3.63) is 35.9 Å². The smallest absolute Gasteiger partial charge is 0.328 e. The van der Waals surface area contributed by atoms with Crippen LogP contribution < -0.4 is 10.6 Å². The molecule has 0 radical (unpaired) electrons. The summed E-state index contributed by atoms with van der Waals surface area (Å²) in [6.07, 6.45) is -2.67. The van der Waals surface area contributed by atoms with Gasteiger partial charge in [-0.25, -0.2) is 4.79 Å². The third-order valence-corrected chi connectivity index (χ3v) is 5.96. The Hall–Kier alpha value is -2.53. The topological polar surface area (TPSA) is 154 Å². The van der Waals surface area contributed by atoms with Gasteiger partial charge in [-0.1, -0.05) is 44.2 Å². The molecule has 2 rings (SSSR count). The first-order valence-electron chi connectivity index (χ1n) is 12.0. The normalized spacial score (nSPS) is 23.9. The third-order valence-electron chi connectivity index (χ3n) is 5.96. The minimum Gasteiger partial charge on any atom is -0.467 e. The average Bonchev–Trinajstić information content (AvgIpc) is 2.83. The second-order valence-corrected chi connectivity index (χ2v) is 9.34. The van der Waals surface area contributed by atoms with Gasteiger partial charge in [0.2, 0.25) is 11.8 Å². The summed E-state index contributed by atoms with van der Waals surface area (Å²) in [5, 5.41) is 34.6. The summed E-state index contributed by atoms with van der Waals surface area (Å²) in [6.45, 7) is 3.41. The zero-order valence-corrected chi connectivity index (χ0v) is 20.6. The number of esters is 1. The van der Waals surface area contributed by atoms with E-state index >= 15 is 0 Å². The van der Waals surface area contributed by atoms with Crippen molar-refractivity contribution in [1.29, 1.82) is 0 Å². The number of aliphatic hydroxyl groups excluding tert-OH is 3. The molecule has 6 atom stereocenters. The van der Waals surface area contributed by atoms with Crippen LogP contribution >= 0.6 is 0 Å². The highest BCUT2D eigenvalue weighted by Gasteiger charge is 2.36. The van der Waals surface area contributed by atoms with Gasteiger partial charge in [0.1, 0.15) is 24.3 Å². The summed E-state index contributed by atoms with van der Waals surface area (Å²) in [4.78, 5) is 38.0. The van der Waals surface area contributed by atoms with Crippen LogP contribution in [0.1, 0.15) is 45.1 Å². The number of amides is 2. The zero-order chi connectivity index (χ0) is 26.0. The van der Waals surface area contributed by atoms with E-state index < -0.39 is 60.9 Å². The van der Waals surface area contributed by atoms with E-state index in [-0.39, 0.29) is 31.6 Å². The number of nitrogens with one attached hydrogen (secondary N) is 2. The third kappa shape index (κ3) is 9.21. The molecule has 1 fully saturated rings. The number of benzene rings is 1. The van der Waals surface area contributed by atoms with Crippen molar-refractivity contribution in [3.8, 4) is 0 Å². The van der Waals surface area contributed by atoms with Gasteiger partial charge in [0.05, 0.1) is 25.9 Å². The Morgan fingerprint density at radius 2 is 1.80 bits per heavy atom. The first-order chi connectivity index (χ1) is 16.6. The van der Waals surface area contributed by atoms with Gasteiger partial charge in [-0.2, -0.15) is 0 Å².